The predicted molar refractivity (Wildman–Crippen MR) is 204 cm³/mol. The second kappa shape index (κ2) is 12.6. The van der Waals surface area contributed by atoms with E-state index in [1.807, 2.05) is 72.8 Å². The van der Waals surface area contributed by atoms with Crippen LogP contribution in [0.3, 0.4) is 0 Å². The van der Waals surface area contributed by atoms with Crippen LogP contribution < -0.4 is 4.90 Å². The van der Waals surface area contributed by atoms with Crippen molar-refractivity contribution in [2.24, 2.45) is 0 Å². The number of furan rings is 1. The minimum atomic E-state index is -0.887. The van der Waals surface area contributed by atoms with Gasteiger partial charge in [-0.3, -0.25) is 0 Å². The molecule has 0 spiro atoms. The Morgan fingerprint density at radius 3 is 1.54 bits per heavy atom. The minimum absolute atomic E-state index is 0.122. The molecule has 7 aromatic carbocycles. The topological polar surface area (TPSA) is 55.1 Å². The van der Waals surface area contributed by atoms with Crippen molar-refractivity contribution in [3.63, 3.8) is 0 Å². The number of anilines is 3. The molecule has 0 atom stereocenters. The summed E-state index contributed by atoms with van der Waals surface area (Å²) in [5.74, 6) is 1.07. The smallest absolute Gasteiger partial charge is 0.164 e. The maximum Gasteiger partial charge on any atom is 0.164 e. The van der Waals surface area contributed by atoms with Gasteiger partial charge in [0.1, 0.15) is 11.2 Å². The summed E-state index contributed by atoms with van der Waals surface area (Å²) in [5.41, 5.74) is 0.167. The van der Waals surface area contributed by atoms with Crippen LogP contribution >= 0.6 is 0 Å². The molecule has 2 heterocycles. The molecular weight excluding hydrogens is 613 g/mol. The molecule has 2 aromatic heterocycles. The van der Waals surface area contributed by atoms with E-state index in [2.05, 4.69) is 0 Å². The van der Waals surface area contributed by atoms with E-state index in [4.69, 9.17) is 33.1 Å². The first-order valence-corrected chi connectivity index (χ1v) is 15.5. The molecule has 0 aliphatic rings. The van der Waals surface area contributed by atoms with Gasteiger partial charge in [0.15, 0.2) is 17.5 Å². The number of nitrogens with zero attached hydrogens (tertiary/aromatic N) is 4. The average molecular weight is 657 g/mol. The van der Waals surface area contributed by atoms with Gasteiger partial charge in [0.2, 0.25) is 0 Å². The van der Waals surface area contributed by atoms with Crippen LogP contribution in [0.5, 0.6) is 0 Å². The normalized spacial score (nSPS) is 15.1. The molecule has 236 valence electrons. The van der Waals surface area contributed by atoms with Gasteiger partial charge in [-0.1, -0.05) is 127 Å². The number of hydrogen-bond acceptors (Lipinski definition) is 5. The summed E-state index contributed by atoms with van der Waals surface area (Å²) in [4.78, 5) is 15.3. The summed E-state index contributed by atoms with van der Waals surface area (Å²) < 4.78 is 130. The van der Waals surface area contributed by atoms with Crippen LogP contribution in [0.4, 0.5) is 17.1 Å². The number of hydrogen-bond donors (Lipinski definition) is 0. The number of fused-ring (bicyclic) bond motifs is 3. The van der Waals surface area contributed by atoms with E-state index in [1.54, 1.807) is 24.3 Å². The van der Waals surface area contributed by atoms with Gasteiger partial charge in [0, 0.05) is 50.1 Å². The molecule has 50 heavy (non-hydrogen) atoms. The molecule has 5 nitrogen and oxygen atoms in total. The Kier molecular flexibility index (Phi) is 4.57. The Labute approximate surface area is 309 Å². The van der Waals surface area contributed by atoms with Crippen molar-refractivity contribution in [1.29, 1.82) is 0 Å². The van der Waals surface area contributed by atoms with E-state index in [9.17, 15) is 5.48 Å². The van der Waals surface area contributed by atoms with Crippen molar-refractivity contribution < 1.29 is 23.6 Å². The SMILES string of the molecule is [2H]c1c([2H])c([2H])c(N(c2c([2H])c([2H])c([2H])c([2H])c2[2H])c2c([2H])c([2H])c(-c3ccc(-c4nc(-c5ccccc5)nc(-c5ccccc5)n4)c4c3oc3ccccc34)c([2H])c2[2H])c([2H])c1[2H]. The van der Waals surface area contributed by atoms with Gasteiger partial charge in [0.05, 0.1) is 19.2 Å². The molecule has 0 saturated carbocycles. The van der Waals surface area contributed by atoms with Gasteiger partial charge >= 0.3 is 0 Å². The molecule has 9 aromatic rings. The monoisotopic (exact) mass is 656 g/mol. The van der Waals surface area contributed by atoms with Crippen LogP contribution in [0, 0.1) is 0 Å². The minimum Gasteiger partial charge on any atom is -0.455 e. The summed E-state index contributed by atoms with van der Waals surface area (Å²) in [6, 6.07) is 17.6. The summed E-state index contributed by atoms with van der Waals surface area (Å²) in [6.07, 6.45) is 0. The Morgan fingerprint density at radius 2 is 0.940 bits per heavy atom. The van der Waals surface area contributed by atoms with E-state index < -0.39 is 102 Å². The summed E-state index contributed by atoms with van der Waals surface area (Å²) in [5, 5.41) is 1.11. The third-order valence-corrected chi connectivity index (χ3v) is 7.99. The number of rotatable bonds is 7. The van der Waals surface area contributed by atoms with E-state index in [0.29, 0.717) is 38.5 Å². The van der Waals surface area contributed by atoms with Gasteiger partial charge in [0.25, 0.3) is 0 Å². The molecule has 0 unspecified atom stereocenters. The largest absolute Gasteiger partial charge is 0.455 e. The first-order valence-electron chi connectivity index (χ1n) is 22.5. The molecule has 0 aliphatic heterocycles. The molecular formula is C45H30N4O. The van der Waals surface area contributed by atoms with Gasteiger partial charge in [-0.2, -0.15) is 0 Å². The average Bonchev–Trinajstić information content (AvgIpc) is 3.71. The summed E-state index contributed by atoms with van der Waals surface area (Å²) in [7, 11) is 0. The Morgan fingerprint density at radius 1 is 0.440 bits per heavy atom. The van der Waals surface area contributed by atoms with E-state index in [-0.39, 0.29) is 22.5 Å². The van der Waals surface area contributed by atoms with Crippen molar-refractivity contribution in [3.05, 3.63) is 182 Å². The highest BCUT2D eigenvalue weighted by Crippen LogP contribution is 2.42. The molecule has 5 heteroatoms. The third kappa shape index (κ3) is 5.37. The zero-order valence-electron chi connectivity index (χ0n) is 39.9. The van der Waals surface area contributed by atoms with Crippen molar-refractivity contribution in [2.45, 2.75) is 0 Å². The molecule has 0 amide bonds. The van der Waals surface area contributed by atoms with Gasteiger partial charge in [-0.25, -0.2) is 15.0 Å². The van der Waals surface area contributed by atoms with Gasteiger partial charge in [-0.15, -0.1) is 0 Å². The fourth-order valence-electron chi connectivity index (χ4n) is 5.74. The summed E-state index contributed by atoms with van der Waals surface area (Å²) in [6.45, 7) is 0. The fourth-order valence-corrected chi connectivity index (χ4v) is 5.74. The number of para-hydroxylation sites is 3. The van der Waals surface area contributed by atoms with E-state index >= 15 is 0 Å². The van der Waals surface area contributed by atoms with Gasteiger partial charge < -0.3 is 9.32 Å². The number of aromatic nitrogens is 3. The fraction of sp³-hybridized carbons (Fsp3) is 0. The van der Waals surface area contributed by atoms with E-state index in [0.717, 1.165) is 11.1 Å². The standard InChI is InChI=1S/C45H30N4O/c1-5-15-32(16-6-1)43-46-44(33-17-7-2-8-18-33)48-45(47-43)39-30-29-37(42-41(39)38-23-13-14-24-40(38)50-42)31-25-27-36(28-26-31)49(34-19-9-3-10-20-34)35-21-11-4-12-22-35/h1-30H/i3D,4D,9D,10D,11D,12D,19D,20D,21D,22D,25D,26D,27D,28D. The Balaban J connectivity index is 1.33. The first-order chi connectivity index (χ1) is 30.6. The second-order valence-electron chi connectivity index (χ2n) is 11.0. The third-order valence-electron chi connectivity index (χ3n) is 7.99. The molecule has 0 radical (unpaired) electrons. The molecule has 0 aliphatic carbocycles. The molecule has 9 rings (SSSR count). The van der Waals surface area contributed by atoms with Crippen LogP contribution in [0.25, 0.3) is 67.2 Å². The summed E-state index contributed by atoms with van der Waals surface area (Å²) >= 11 is 0. The van der Waals surface area contributed by atoms with Crippen molar-refractivity contribution in [1.82, 2.24) is 15.0 Å². The van der Waals surface area contributed by atoms with Crippen LogP contribution in [-0.4, -0.2) is 15.0 Å². The van der Waals surface area contributed by atoms with Crippen molar-refractivity contribution in [3.8, 4) is 45.3 Å². The Hall–Kier alpha value is -6.85. The maximum atomic E-state index is 9.47. The van der Waals surface area contributed by atoms with Crippen LogP contribution in [-0.2, 0) is 0 Å². The van der Waals surface area contributed by atoms with Gasteiger partial charge in [-0.05, 0) is 60.0 Å². The highest BCUT2D eigenvalue weighted by atomic mass is 16.3. The zero-order chi connectivity index (χ0) is 45.5. The highest BCUT2D eigenvalue weighted by molar-refractivity contribution is 6.15. The second-order valence-corrected chi connectivity index (χ2v) is 11.0. The van der Waals surface area contributed by atoms with E-state index in [1.165, 1.54) is 0 Å². The first kappa shape index (κ1) is 18.1. The highest BCUT2D eigenvalue weighted by Gasteiger charge is 2.21. The quantitative estimate of drug-likeness (QED) is 0.171. The lowest BCUT2D eigenvalue weighted by atomic mass is 9.97. The lowest BCUT2D eigenvalue weighted by molar-refractivity contribution is 0.670. The number of benzene rings is 7. The maximum absolute atomic E-state index is 9.47. The predicted octanol–water partition coefficient (Wildman–Crippen LogP) is 11.9. The van der Waals surface area contributed by atoms with Crippen molar-refractivity contribution >= 4 is 39.0 Å². The molecule has 0 saturated heterocycles. The lowest BCUT2D eigenvalue weighted by Gasteiger charge is -2.25. The molecule has 0 bridgehead atoms. The van der Waals surface area contributed by atoms with Crippen molar-refractivity contribution in [2.75, 3.05) is 4.90 Å². The van der Waals surface area contributed by atoms with Crippen LogP contribution in [0.2, 0.25) is 0 Å². The molecule has 0 fully saturated rings. The van der Waals surface area contributed by atoms with Crippen LogP contribution in [0.15, 0.2) is 186 Å². The lowest BCUT2D eigenvalue weighted by Crippen LogP contribution is -2.09. The molecule has 0 N–H and O–H groups in total. The van der Waals surface area contributed by atoms with Crippen LogP contribution in [0.1, 0.15) is 19.2 Å². The Bertz CT molecular complexity index is 3190. The zero-order valence-corrected chi connectivity index (χ0v) is 25.9.